The number of hydrogen-bond acceptors (Lipinski definition) is 4. The molecule has 0 saturated heterocycles. The van der Waals surface area contributed by atoms with Crippen molar-refractivity contribution in [3.8, 4) is 5.75 Å². The van der Waals surface area contributed by atoms with Crippen molar-refractivity contribution >= 4 is 44.6 Å². The molecule has 132 valence electrons. The number of carbonyl (C=O) groups is 1. The molecule has 1 heterocycles. The van der Waals surface area contributed by atoms with Crippen LogP contribution in [0.4, 0.5) is 17.1 Å². The first-order valence-electron chi connectivity index (χ1n) is 7.48. The van der Waals surface area contributed by atoms with Crippen molar-refractivity contribution in [2.45, 2.75) is 19.4 Å². The molecular formula is C17H17ClN2O4S. The van der Waals surface area contributed by atoms with Crippen molar-refractivity contribution in [3.05, 3.63) is 47.5 Å². The van der Waals surface area contributed by atoms with Crippen LogP contribution >= 0.6 is 11.6 Å². The third kappa shape index (κ3) is 3.57. The summed E-state index contributed by atoms with van der Waals surface area (Å²) in [4.78, 5) is 14.4. The smallest absolute Gasteiger partial charge is 0.275 e. The summed E-state index contributed by atoms with van der Waals surface area (Å²) in [6, 6.07) is 11.7. The van der Waals surface area contributed by atoms with E-state index < -0.39 is 15.6 Å². The van der Waals surface area contributed by atoms with Gasteiger partial charge in [-0.25, -0.2) is 8.42 Å². The molecule has 1 amide bonds. The number of hydrogen-bond donors (Lipinski definition) is 1. The first-order chi connectivity index (χ1) is 11.6. The number of fused-ring (bicyclic) bond motifs is 1. The quantitative estimate of drug-likeness (QED) is 0.883. The summed E-state index contributed by atoms with van der Waals surface area (Å²) in [5.41, 5.74) is 0.445. The highest BCUT2D eigenvalue weighted by Gasteiger charge is 2.41. The van der Waals surface area contributed by atoms with Gasteiger partial charge in [-0.15, -0.1) is 0 Å². The van der Waals surface area contributed by atoms with Gasteiger partial charge in [-0.2, -0.15) is 0 Å². The van der Waals surface area contributed by atoms with Gasteiger partial charge in [-0.1, -0.05) is 11.6 Å². The van der Waals surface area contributed by atoms with Crippen LogP contribution in [-0.2, 0) is 14.8 Å². The topological polar surface area (TPSA) is 75.7 Å². The van der Waals surface area contributed by atoms with Crippen LogP contribution < -0.4 is 14.4 Å². The maximum Gasteiger partial charge on any atom is 0.275 e. The first kappa shape index (κ1) is 17.6. The SMILES string of the molecule is CC1(C)Oc2cc(NS(C)(=O)=O)ccc2N(c2ccc(Cl)cc2)C1=O. The van der Waals surface area contributed by atoms with E-state index in [-0.39, 0.29) is 5.91 Å². The van der Waals surface area contributed by atoms with E-state index in [0.29, 0.717) is 27.8 Å². The van der Waals surface area contributed by atoms with E-state index in [2.05, 4.69) is 4.72 Å². The van der Waals surface area contributed by atoms with E-state index in [1.54, 1.807) is 61.2 Å². The van der Waals surface area contributed by atoms with Crippen LogP contribution in [0, 0.1) is 0 Å². The Morgan fingerprint density at radius 2 is 1.76 bits per heavy atom. The summed E-state index contributed by atoms with van der Waals surface area (Å²) in [5, 5.41) is 0.566. The summed E-state index contributed by atoms with van der Waals surface area (Å²) in [7, 11) is -3.41. The van der Waals surface area contributed by atoms with Gasteiger partial charge >= 0.3 is 0 Å². The Kier molecular flexibility index (Phi) is 4.17. The van der Waals surface area contributed by atoms with E-state index in [9.17, 15) is 13.2 Å². The fourth-order valence-electron chi connectivity index (χ4n) is 2.60. The standard InChI is InChI=1S/C17H17ClN2O4S/c1-17(2)16(21)20(13-7-4-11(18)5-8-13)14-9-6-12(10-15(14)24-17)19-25(3,22)23/h4-10,19H,1-3H3. The fourth-order valence-corrected chi connectivity index (χ4v) is 3.28. The number of nitrogens with one attached hydrogen (secondary N) is 1. The van der Waals surface area contributed by atoms with Gasteiger partial charge in [-0.3, -0.25) is 14.4 Å². The molecule has 8 heteroatoms. The van der Waals surface area contributed by atoms with Crippen LogP contribution in [0.1, 0.15) is 13.8 Å². The van der Waals surface area contributed by atoms with Gasteiger partial charge in [0, 0.05) is 16.8 Å². The Bertz CT molecular complexity index is 940. The lowest BCUT2D eigenvalue weighted by Gasteiger charge is -2.39. The molecular weight excluding hydrogens is 364 g/mol. The second kappa shape index (κ2) is 5.93. The van der Waals surface area contributed by atoms with Gasteiger partial charge in [0.15, 0.2) is 5.60 Å². The van der Waals surface area contributed by atoms with Crippen molar-refractivity contribution in [1.82, 2.24) is 0 Å². The number of nitrogens with zero attached hydrogens (tertiary/aromatic N) is 1. The molecule has 0 aromatic heterocycles. The summed E-state index contributed by atoms with van der Waals surface area (Å²) in [5.74, 6) is 0.180. The molecule has 6 nitrogen and oxygen atoms in total. The molecule has 0 spiro atoms. The molecule has 0 fully saturated rings. The van der Waals surface area contributed by atoms with Crippen molar-refractivity contribution < 1.29 is 17.9 Å². The Hall–Kier alpha value is -2.25. The molecule has 0 atom stereocenters. The van der Waals surface area contributed by atoms with E-state index >= 15 is 0 Å². The molecule has 0 saturated carbocycles. The molecule has 1 aliphatic heterocycles. The van der Waals surface area contributed by atoms with Gasteiger partial charge in [0.25, 0.3) is 5.91 Å². The molecule has 0 aliphatic carbocycles. The van der Waals surface area contributed by atoms with E-state index in [1.165, 1.54) is 0 Å². The lowest BCUT2D eigenvalue weighted by Crippen LogP contribution is -2.50. The number of ether oxygens (including phenoxy) is 1. The van der Waals surface area contributed by atoms with Crippen molar-refractivity contribution in [1.29, 1.82) is 0 Å². The summed E-state index contributed by atoms with van der Waals surface area (Å²) < 4.78 is 31.1. The maximum absolute atomic E-state index is 12.9. The van der Waals surface area contributed by atoms with Crippen LogP contribution in [0.5, 0.6) is 5.75 Å². The van der Waals surface area contributed by atoms with E-state index in [1.807, 2.05) is 0 Å². The number of amides is 1. The Balaban J connectivity index is 2.11. The minimum atomic E-state index is -3.41. The maximum atomic E-state index is 12.9. The lowest BCUT2D eigenvalue weighted by molar-refractivity contribution is -0.131. The molecule has 1 aliphatic rings. The summed E-state index contributed by atoms with van der Waals surface area (Å²) in [6.07, 6.45) is 1.07. The van der Waals surface area contributed by atoms with E-state index in [0.717, 1.165) is 6.26 Å². The van der Waals surface area contributed by atoms with Gasteiger partial charge in [0.05, 0.1) is 17.6 Å². The van der Waals surface area contributed by atoms with Crippen LogP contribution in [0.3, 0.4) is 0 Å². The average molecular weight is 381 g/mol. The van der Waals surface area contributed by atoms with Crippen molar-refractivity contribution in [2.75, 3.05) is 15.9 Å². The highest BCUT2D eigenvalue weighted by atomic mass is 35.5. The zero-order valence-corrected chi connectivity index (χ0v) is 15.5. The zero-order chi connectivity index (χ0) is 18.4. The minimum Gasteiger partial charge on any atom is -0.476 e. The largest absolute Gasteiger partial charge is 0.476 e. The number of sulfonamides is 1. The Morgan fingerprint density at radius 1 is 1.12 bits per heavy atom. The molecule has 2 aromatic rings. The summed E-state index contributed by atoms with van der Waals surface area (Å²) >= 11 is 5.93. The number of halogens is 1. The van der Waals surface area contributed by atoms with Gasteiger partial charge in [0.2, 0.25) is 10.0 Å². The second-order valence-corrected chi connectivity index (χ2v) is 8.47. The minimum absolute atomic E-state index is 0.230. The third-order valence-corrected chi connectivity index (χ3v) is 4.53. The van der Waals surface area contributed by atoms with Crippen LogP contribution in [0.15, 0.2) is 42.5 Å². The van der Waals surface area contributed by atoms with E-state index in [4.69, 9.17) is 16.3 Å². The average Bonchev–Trinajstić information content (AvgIpc) is 2.48. The van der Waals surface area contributed by atoms with Crippen LogP contribution in [0.25, 0.3) is 0 Å². The number of anilines is 3. The van der Waals surface area contributed by atoms with Crippen molar-refractivity contribution in [3.63, 3.8) is 0 Å². The van der Waals surface area contributed by atoms with Crippen LogP contribution in [0.2, 0.25) is 5.02 Å². The van der Waals surface area contributed by atoms with Gasteiger partial charge in [0.1, 0.15) is 5.75 Å². The first-order valence-corrected chi connectivity index (χ1v) is 9.75. The summed E-state index contributed by atoms with van der Waals surface area (Å²) in [6.45, 7) is 3.33. The molecule has 25 heavy (non-hydrogen) atoms. The van der Waals surface area contributed by atoms with Gasteiger partial charge < -0.3 is 4.74 Å². The number of rotatable bonds is 3. The molecule has 1 N–H and O–H groups in total. The number of benzene rings is 2. The highest BCUT2D eigenvalue weighted by molar-refractivity contribution is 7.92. The highest BCUT2D eigenvalue weighted by Crippen LogP contribution is 2.43. The Labute approximate surface area is 151 Å². The third-order valence-electron chi connectivity index (χ3n) is 3.67. The monoisotopic (exact) mass is 380 g/mol. The normalized spacial score (nSPS) is 16.2. The Morgan fingerprint density at radius 3 is 2.36 bits per heavy atom. The number of carbonyl (C=O) groups excluding carboxylic acids is 1. The van der Waals surface area contributed by atoms with Crippen molar-refractivity contribution in [2.24, 2.45) is 0 Å². The second-order valence-electron chi connectivity index (χ2n) is 6.29. The molecule has 2 aromatic carbocycles. The fraction of sp³-hybridized carbons (Fsp3) is 0.235. The van der Waals surface area contributed by atoms with Crippen LogP contribution in [-0.4, -0.2) is 26.2 Å². The molecule has 0 radical (unpaired) electrons. The molecule has 3 rings (SSSR count). The predicted octanol–water partition coefficient (Wildman–Crippen LogP) is 3.55. The predicted molar refractivity (Wildman–Crippen MR) is 98.2 cm³/mol. The molecule has 0 bridgehead atoms. The van der Waals surface area contributed by atoms with Gasteiger partial charge in [-0.05, 0) is 50.2 Å². The molecule has 0 unspecified atom stereocenters. The lowest BCUT2D eigenvalue weighted by atomic mass is 10.0. The zero-order valence-electron chi connectivity index (χ0n) is 13.9.